The summed E-state index contributed by atoms with van der Waals surface area (Å²) < 4.78 is 17.8. The lowest BCUT2D eigenvalue weighted by atomic mass is 9.83. The summed E-state index contributed by atoms with van der Waals surface area (Å²) in [7, 11) is 0. The molecule has 0 aromatic heterocycles. The number of benzene rings is 1. The van der Waals surface area contributed by atoms with E-state index in [9.17, 15) is 19.5 Å². The van der Waals surface area contributed by atoms with E-state index in [2.05, 4.69) is 0 Å². The molecule has 3 rings (SSSR count). The molecule has 1 aromatic rings. The maximum Gasteiger partial charge on any atom is 0.311 e. The predicted octanol–water partition coefficient (Wildman–Crippen LogP) is 3.61. The van der Waals surface area contributed by atoms with Crippen LogP contribution in [0.25, 0.3) is 0 Å². The number of hydrogen-bond donors (Lipinski definition) is 1. The molecule has 7 nitrogen and oxygen atoms in total. The Labute approximate surface area is 206 Å². The lowest BCUT2D eigenvalue weighted by molar-refractivity contribution is -0.177. The molecule has 0 saturated carbocycles. The smallest absolute Gasteiger partial charge is 0.311 e. The van der Waals surface area contributed by atoms with Gasteiger partial charge in [-0.3, -0.25) is 14.4 Å². The summed E-state index contributed by atoms with van der Waals surface area (Å²) in [5, 5.41) is 9.92. The predicted molar refractivity (Wildman–Crippen MR) is 126 cm³/mol. The largest absolute Gasteiger partial charge is 0.459 e. The maximum absolute atomic E-state index is 13.4. The number of aliphatic hydroxyl groups is 1. The van der Waals surface area contributed by atoms with Crippen molar-refractivity contribution in [1.29, 1.82) is 0 Å². The highest BCUT2D eigenvalue weighted by molar-refractivity contribution is 6.33. The summed E-state index contributed by atoms with van der Waals surface area (Å²) in [5.74, 6) is -2.58. The second-order valence-corrected chi connectivity index (χ2v) is 10.5. The van der Waals surface area contributed by atoms with Crippen molar-refractivity contribution in [2.75, 3.05) is 0 Å². The zero-order valence-electron chi connectivity index (χ0n) is 20.5. The van der Waals surface area contributed by atoms with E-state index in [-0.39, 0.29) is 31.1 Å². The molecule has 0 unspecified atom stereocenters. The highest BCUT2D eigenvalue weighted by Gasteiger charge is 2.54. The normalized spacial score (nSPS) is 39.7. The number of cyclic esters (lactones) is 1. The first-order valence-electron chi connectivity index (χ1n) is 11.9. The van der Waals surface area contributed by atoms with Crippen LogP contribution in [-0.2, 0) is 35.2 Å². The van der Waals surface area contributed by atoms with Crippen molar-refractivity contribution >= 4 is 29.1 Å². The Morgan fingerprint density at radius 1 is 1.15 bits per heavy atom. The van der Waals surface area contributed by atoms with Crippen LogP contribution in [0.3, 0.4) is 0 Å². The molecule has 188 valence electrons. The molecule has 2 aliphatic heterocycles. The van der Waals surface area contributed by atoms with Crippen LogP contribution in [-0.4, -0.2) is 57.5 Å². The van der Waals surface area contributed by atoms with Gasteiger partial charge in [-0.2, -0.15) is 0 Å². The number of hydrogen-bond acceptors (Lipinski definition) is 7. The fraction of sp³-hybridized carbons (Fsp3) is 0.654. The lowest BCUT2D eigenvalue weighted by Gasteiger charge is -2.34. The number of ketones is 2. The molecule has 1 aromatic carbocycles. The molecule has 8 heteroatoms. The van der Waals surface area contributed by atoms with Gasteiger partial charge < -0.3 is 19.3 Å². The van der Waals surface area contributed by atoms with Crippen LogP contribution in [0.15, 0.2) is 30.3 Å². The quantitative estimate of drug-likeness (QED) is 0.504. The van der Waals surface area contributed by atoms with Gasteiger partial charge in [0.05, 0.1) is 24.7 Å². The molecular formula is C26H35ClO7. The van der Waals surface area contributed by atoms with Crippen LogP contribution >= 0.6 is 11.6 Å². The number of halogens is 1. The van der Waals surface area contributed by atoms with E-state index in [0.29, 0.717) is 6.42 Å². The van der Waals surface area contributed by atoms with Crippen LogP contribution in [0.1, 0.15) is 59.4 Å². The molecule has 0 aliphatic carbocycles. The third-order valence-electron chi connectivity index (χ3n) is 7.18. The summed E-state index contributed by atoms with van der Waals surface area (Å²) in [5.41, 5.74) is -2.29. The molecule has 34 heavy (non-hydrogen) atoms. The average molecular weight is 495 g/mol. The summed E-state index contributed by atoms with van der Waals surface area (Å²) >= 11 is 6.51. The number of Topliss-reactive ketones (excluding diaryl/α,β-unsaturated/α-hetero) is 2. The van der Waals surface area contributed by atoms with Crippen molar-refractivity contribution in [2.24, 2.45) is 11.8 Å². The Kier molecular flexibility index (Phi) is 8.23. The third kappa shape index (κ3) is 5.38. The van der Waals surface area contributed by atoms with Crippen molar-refractivity contribution in [3.8, 4) is 0 Å². The van der Waals surface area contributed by atoms with E-state index < -0.39 is 52.6 Å². The Morgan fingerprint density at radius 3 is 2.41 bits per heavy atom. The molecule has 0 spiro atoms. The molecule has 2 fully saturated rings. The first-order valence-corrected chi connectivity index (χ1v) is 12.3. The van der Waals surface area contributed by atoms with Crippen molar-refractivity contribution in [3.63, 3.8) is 0 Å². The van der Waals surface area contributed by atoms with E-state index in [4.69, 9.17) is 25.8 Å². The van der Waals surface area contributed by atoms with Crippen LogP contribution in [0.4, 0.5) is 0 Å². The second kappa shape index (κ2) is 10.4. The Balaban J connectivity index is 1.96. The number of esters is 1. The van der Waals surface area contributed by atoms with Crippen LogP contribution in [0, 0.1) is 11.8 Å². The van der Waals surface area contributed by atoms with Gasteiger partial charge in [0.15, 0.2) is 17.2 Å². The van der Waals surface area contributed by atoms with Gasteiger partial charge in [-0.25, -0.2) is 0 Å². The van der Waals surface area contributed by atoms with Crippen LogP contribution in [0.2, 0.25) is 0 Å². The van der Waals surface area contributed by atoms with E-state index in [1.165, 1.54) is 6.92 Å². The Bertz CT molecular complexity index is 902. The second-order valence-electron chi connectivity index (χ2n) is 9.99. The number of carbonyl (C=O) groups is 3. The monoisotopic (exact) mass is 494 g/mol. The third-order valence-corrected chi connectivity index (χ3v) is 7.62. The minimum absolute atomic E-state index is 0.0624. The lowest BCUT2D eigenvalue weighted by Crippen LogP contribution is -2.54. The molecule has 1 N–H and O–H groups in total. The molecule has 0 amide bonds. The number of rotatable bonds is 4. The van der Waals surface area contributed by atoms with Gasteiger partial charge >= 0.3 is 5.97 Å². The highest BCUT2D eigenvalue weighted by atomic mass is 35.5. The van der Waals surface area contributed by atoms with Gasteiger partial charge in [0, 0.05) is 6.42 Å². The molecule has 2 bridgehead atoms. The van der Waals surface area contributed by atoms with E-state index >= 15 is 0 Å². The Morgan fingerprint density at radius 2 is 1.79 bits per heavy atom. The molecular weight excluding hydrogens is 460 g/mol. The van der Waals surface area contributed by atoms with Crippen molar-refractivity contribution in [3.05, 3.63) is 35.9 Å². The average Bonchev–Trinajstić information content (AvgIpc) is 3.13. The Hall–Kier alpha value is -1.80. The number of alkyl halides is 1. The SMILES string of the molecule is CC[C@H]1OC(=O)[C@H](C)[C@@H](OCc2ccccc2)CC(=O)[C@@]2(C)C[C@@H](C)[C@H](O2)[C@H](Cl)C(=O)[C@]1(C)O. The van der Waals surface area contributed by atoms with Gasteiger partial charge in [0.2, 0.25) is 0 Å². The van der Waals surface area contributed by atoms with Crippen LogP contribution < -0.4 is 0 Å². The highest BCUT2D eigenvalue weighted by Crippen LogP contribution is 2.41. The van der Waals surface area contributed by atoms with Crippen molar-refractivity contribution in [2.45, 2.75) is 95.4 Å². The molecule has 0 radical (unpaired) electrons. The zero-order valence-corrected chi connectivity index (χ0v) is 21.2. The number of carbonyl (C=O) groups excluding carboxylic acids is 3. The maximum atomic E-state index is 13.4. The van der Waals surface area contributed by atoms with Gasteiger partial charge in [-0.15, -0.1) is 11.6 Å². The molecule has 2 heterocycles. The van der Waals surface area contributed by atoms with Crippen LogP contribution in [0.5, 0.6) is 0 Å². The standard InChI is InChI=1S/C26H35ClO7/c1-6-20-26(5,31)23(29)21(27)22-15(2)13-25(4,34-22)19(28)12-18(16(3)24(30)33-20)32-14-17-10-8-7-9-11-17/h7-11,15-16,18,20-22,31H,6,12-14H2,1-5H3/t15-,16-,18+,20-,21+,22+,25-,26-/m1/s1. The van der Waals surface area contributed by atoms with Gasteiger partial charge in [0.1, 0.15) is 17.1 Å². The van der Waals surface area contributed by atoms with E-state index in [1.807, 2.05) is 37.3 Å². The number of ether oxygens (including phenoxy) is 3. The first-order chi connectivity index (χ1) is 15.9. The zero-order chi connectivity index (χ0) is 25.3. The number of fused-ring (bicyclic) bond motifs is 2. The van der Waals surface area contributed by atoms with E-state index in [1.54, 1.807) is 20.8 Å². The van der Waals surface area contributed by atoms with E-state index in [0.717, 1.165) is 5.56 Å². The van der Waals surface area contributed by atoms with Gasteiger partial charge in [-0.1, -0.05) is 44.2 Å². The van der Waals surface area contributed by atoms with Gasteiger partial charge in [-0.05, 0) is 45.1 Å². The topological polar surface area (TPSA) is 99.1 Å². The minimum Gasteiger partial charge on any atom is -0.459 e. The van der Waals surface area contributed by atoms with Crippen molar-refractivity contribution < 1.29 is 33.7 Å². The summed E-state index contributed by atoms with van der Waals surface area (Å²) in [4.78, 5) is 39.7. The summed E-state index contributed by atoms with van der Waals surface area (Å²) in [6.45, 7) is 8.42. The summed E-state index contributed by atoms with van der Waals surface area (Å²) in [6, 6.07) is 9.45. The van der Waals surface area contributed by atoms with Gasteiger partial charge in [0.25, 0.3) is 0 Å². The molecule has 2 aliphatic rings. The van der Waals surface area contributed by atoms with Crippen molar-refractivity contribution in [1.82, 2.24) is 0 Å². The molecule has 2 saturated heterocycles. The fourth-order valence-electron chi connectivity index (χ4n) is 4.86. The molecule has 8 atom stereocenters. The summed E-state index contributed by atoms with van der Waals surface area (Å²) in [6.07, 6.45) is -2.13. The fourth-order valence-corrected chi connectivity index (χ4v) is 5.38. The minimum atomic E-state index is -2.02. The first kappa shape index (κ1) is 26.8.